The van der Waals surface area contributed by atoms with Gasteiger partial charge in [0.05, 0.1) is 34.5 Å². The van der Waals surface area contributed by atoms with E-state index in [0.29, 0.717) is 51.1 Å². The molecule has 210 valence electrons. The van der Waals surface area contributed by atoms with Gasteiger partial charge in [-0.1, -0.05) is 35.1 Å². The molecular weight excluding hydrogens is 567 g/mol. The maximum atomic E-state index is 13.2. The van der Waals surface area contributed by atoms with E-state index in [-0.39, 0.29) is 11.8 Å². The van der Waals surface area contributed by atoms with E-state index in [4.69, 9.17) is 21.6 Å². The Kier molecular flexibility index (Phi) is 7.50. The zero-order chi connectivity index (χ0) is 28.5. The van der Waals surface area contributed by atoms with Crippen LogP contribution in [-0.4, -0.2) is 44.3 Å². The van der Waals surface area contributed by atoms with Crippen LogP contribution in [-0.2, 0) is 17.6 Å². The van der Waals surface area contributed by atoms with Gasteiger partial charge in [0.25, 0.3) is 5.91 Å². The van der Waals surface area contributed by atoms with E-state index in [1.165, 1.54) is 35.9 Å². The van der Waals surface area contributed by atoms with Crippen LogP contribution in [0.3, 0.4) is 0 Å². The van der Waals surface area contributed by atoms with E-state index < -0.39 is 12.0 Å². The summed E-state index contributed by atoms with van der Waals surface area (Å²) >= 11 is 7.48. The van der Waals surface area contributed by atoms with Gasteiger partial charge in [0.1, 0.15) is 16.7 Å². The molecule has 3 aromatic heterocycles. The third-order valence-electron chi connectivity index (χ3n) is 7.14. The first-order chi connectivity index (χ1) is 19.9. The van der Waals surface area contributed by atoms with Crippen LogP contribution >= 0.6 is 22.9 Å². The molecule has 1 fully saturated rings. The standard InChI is InChI=1S/C28H26ClFN8O2S/c1-15-5-2-7-18(29)23(15)35-26(40)21-14-32-28(41-21)37-24-17-6-3-8-19(17)34-27(36-24)38-12-4-9-20(38)25(39)33-16-10-11-22(30)31-13-16/h2,5,7,10-11,13-14,20H,3-4,6,8-9,12H2,1H3,(H,33,39)(H,35,40)(H,32,34,36,37). The largest absolute Gasteiger partial charge is 0.329 e. The molecule has 1 aromatic carbocycles. The number of nitrogens with zero attached hydrogens (tertiary/aromatic N) is 5. The molecule has 0 spiro atoms. The Morgan fingerprint density at radius 3 is 2.76 bits per heavy atom. The van der Waals surface area contributed by atoms with Crippen LogP contribution in [0.25, 0.3) is 0 Å². The summed E-state index contributed by atoms with van der Waals surface area (Å²) in [6, 6.07) is 7.64. The highest BCUT2D eigenvalue weighted by Gasteiger charge is 2.34. The number of thiazole rings is 1. The van der Waals surface area contributed by atoms with Crippen molar-refractivity contribution in [1.29, 1.82) is 0 Å². The minimum Gasteiger partial charge on any atom is -0.329 e. The van der Waals surface area contributed by atoms with E-state index in [0.717, 1.165) is 42.5 Å². The van der Waals surface area contributed by atoms with Gasteiger partial charge in [0, 0.05) is 12.1 Å². The normalized spacial score (nSPS) is 16.0. The molecule has 0 bridgehead atoms. The Bertz CT molecular complexity index is 1610. The molecular formula is C28H26ClFN8O2S. The van der Waals surface area contributed by atoms with Gasteiger partial charge in [-0.15, -0.1) is 0 Å². The number of carbonyl (C=O) groups excluding carboxylic acids is 2. The monoisotopic (exact) mass is 592 g/mol. The molecule has 41 heavy (non-hydrogen) atoms. The van der Waals surface area contributed by atoms with E-state index in [1.54, 1.807) is 6.07 Å². The summed E-state index contributed by atoms with van der Waals surface area (Å²) in [4.78, 5) is 46.1. The van der Waals surface area contributed by atoms with Crippen LogP contribution in [0.15, 0.2) is 42.7 Å². The average molecular weight is 593 g/mol. The van der Waals surface area contributed by atoms with Gasteiger partial charge in [-0.2, -0.15) is 9.37 Å². The highest BCUT2D eigenvalue weighted by atomic mass is 35.5. The van der Waals surface area contributed by atoms with Crippen molar-refractivity contribution in [2.75, 3.05) is 27.4 Å². The molecule has 13 heteroatoms. The molecule has 1 atom stereocenters. The molecule has 1 aliphatic carbocycles. The topological polar surface area (TPSA) is 125 Å². The Morgan fingerprint density at radius 2 is 1.95 bits per heavy atom. The number of hydrogen-bond acceptors (Lipinski definition) is 9. The molecule has 1 saturated heterocycles. The summed E-state index contributed by atoms with van der Waals surface area (Å²) in [6.45, 7) is 2.50. The molecule has 0 radical (unpaired) electrons. The lowest BCUT2D eigenvalue weighted by molar-refractivity contribution is -0.117. The second-order valence-electron chi connectivity index (χ2n) is 9.90. The van der Waals surface area contributed by atoms with E-state index >= 15 is 0 Å². The van der Waals surface area contributed by atoms with Crippen molar-refractivity contribution in [1.82, 2.24) is 19.9 Å². The smallest absolute Gasteiger partial charge is 0.267 e. The molecule has 10 nitrogen and oxygen atoms in total. The lowest BCUT2D eigenvalue weighted by Gasteiger charge is -2.25. The van der Waals surface area contributed by atoms with Crippen molar-refractivity contribution in [2.24, 2.45) is 0 Å². The number of aryl methyl sites for hydroxylation is 2. The fourth-order valence-corrected chi connectivity index (χ4v) is 6.09. The highest BCUT2D eigenvalue weighted by Crippen LogP contribution is 2.34. The number of benzene rings is 1. The van der Waals surface area contributed by atoms with Gasteiger partial charge in [0.15, 0.2) is 5.13 Å². The number of nitrogens with one attached hydrogen (secondary N) is 3. The minimum absolute atomic E-state index is 0.223. The molecule has 2 aliphatic rings. The summed E-state index contributed by atoms with van der Waals surface area (Å²) in [5, 5.41) is 9.98. The van der Waals surface area contributed by atoms with E-state index in [2.05, 4.69) is 25.9 Å². The molecule has 1 aliphatic heterocycles. The summed E-state index contributed by atoms with van der Waals surface area (Å²) in [6.07, 6.45) is 6.84. The lowest BCUT2D eigenvalue weighted by Crippen LogP contribution is -2.40. The number of para-hydroxylation sites is 1. The first-order valence-corrected chi connectivity index (χ1v) is 14.4. The zero-order valence-corrected chi connectivity index (χ0v) is 23.7. The third kappa shape index (κ3) is 5.70. The number of carbonyl (C=O) groups is 2. The summed E-state index contributed by atoms with van der Waals surface area (Å²) < 4.78 is 13.2. The number of halogens is 2. The van der Waals surface area contributed by atoms with Gasteiger partial charge >= 0.3 is 0 Å². The third-order valence-corrected chi connectivity index (χ3v) is 8.37. The Labute approximate surface area is 244 Å². The molecule has 4 heterocycles. The molecule has 2 amide bonds. The van der Waals surface area contributed by atoms with E-state index in [9.17, 15) is 14.0 Å². The first kappa shape index (κ1) is 27.0. The summed E-state index contributed by atoms with van der Waals surface area (Å²) in [5.41, 5.74) is 3.81. The van der Waals surface area contributed by atoms with Crippen LogP contribution in [0.2, 0.25) is 5.02 Å². The molecule has 3 N–H and O–H groups in total. The number of fused-ring (bicyclic) bond motifs is 1. The van der Waals surface area contributed by atoms with Crippen LogP contribution < -0.4 is 20.9 Å². The number of hydrogen-bond donors (Lipinski definition) is 3. The fourth-order valence-electron chi connectivity index (χ4n) is 5.11. The van der Waals surface area contributed by atoms with Crippen LogP contribution in [0.4, 0.5) is 32.7 Å². The van der Waals surface area contributed by atoms with Crippen molar-refractivity contribution in [3.63, 3.8) is 0 Å². The lowest BCUT2D eigenvalue weighted by atomic mass is 10.2. The number of aromatic nitrogens is 4. The van der Waals surface area contributed by atoms with Gasteiger partial charge in [-0.3, -0.25) is 9.59 Å². The van der Waals surface area contributed by atoms with Gasteiger partial charge in [-0.25, -0.2) is 15.0 Å². The second kappa shape index (κ2) is 11.4. The Hall–Kier alpha value is -4.16. The first-order valence-electron chi connectivity index (χ1n) is 13.2. The van der Waals surface area contributed by atoms with Crippen molar-refractivity contribution in [3.8, 4) is 0 Å². The van der Waals surface area contributed by atoms with Crippen LogP contribution in [0.5, 0.6) is 0 Å². The number of pyridine rings is 1. The fraction of sp³-hybridized carbons (Fsp3) is 0.286. The van der Waals surface area contributed by atoms with Crippen molar-refractivity contribution in [3.05, 3.63) is 75.4 Å². The highest BCUT2D eigenvalue weighted by molar-refractivity contribution is 7.17. The molecule has 0 saturated carbocycles. The predicted octanol–water partition coefficient (Wildman–Crippen LogP) is 5.52. The summed E-state index contributed by atoms with van der Waals surface area (Å²) in [7, 11) is 0. The maximum absolute atomic E-state index is 13.2. The molecule has 4 aromatic rings. The van der Waals surface area contributed by atoms with Crippen molar-refractivity contribution >= 4 is 63.0 Å². The van der Waals surface area contributed by atoms with Gasteiger partial charge < -0.3 is 20.9 Å². The van der Waals surface area contributed by atoms with E-state index in [1.807, 2.05) is 24.0 Å². The van der Waals surface area contributed by atoms with Gasteiger partial charge in [-0.05, 0) is 62.8 Å². The quantitative estimate of drug-likeness (QED) is 0.240. The Morgan fingerprint density at radius 1 is 1.07 bits per heavy atom. The van der Waals surface area contributed by atoms with Crippen molar-refractivity contribution < 1.29 is 14.0 Å². The van der Waals surface area contributed by atoms with Crippen molar-refractivity contribution in [2.45, 2.75) is 45.1 Å². The average Bonchev–Trinajstić information content (AvgIpc) is 3.73. The SMILES string of the molecule is Cc1cccc(Cl)c1NC(=O)c1cnc(Nc2nc(N3CCCC3C(=O)Nc3ccc(F)nc3)nc3c2CCC3)s1. The van der Waals surface area contributed by atoms with Crippen LogP contribution in [0, 0.1) is 12.9 Å². The predicted molar refractivity (Wildman–Crippen MR) is 157 cm³/mol. The minimum atomic E-state index is -0.610. The zero-order valence-electron chi connectivity index (χ0n) is 22.1. The number of amides is 2. The van der Waals surface area contributed by atoms with Gasteiger partial charge in [0.2, 0.25) is 17.8 Å². The summed E-state index contributed by atoms with van der Waals surface area (Å²) in [5.74, 6) is -0.0477. The second-order valence-corrected chi connectivity index (χ2v) is 11.3. The number of anilines is 5. The Balaban J connectivity index is 1.21. The maximum Gasteiger partial charge on any atom is 0.267 e. The number of rotatable bonds is 7. The van der Waals surface area contributed by atoms with Crippen LogP contribution in [0.1, 0.15) is 45.8 Å². The molecule has 6 rings (SSSR count). The molecule has 1 unspecified atom stereocenters.